The molecular formula is C11H14BrNO. The largest absolute Gasteiger partial charge is 0.480 e. The zero-order chi connectivity index (χ0) is 10.3. The fourth-order valence-corrected chi connectivity index (χ4v) is 2.47. The van der Waals surface area contributed by atoms with Crippen molar-refractivity contribution in [3.05, 3.63) is 21.8 Å². The van der Waals surface area contributed by atoms with Crippen LogP contribution < -0.4 is 4.74 Å². The summed E-state index contributed by atoms with van der Waals surface area (Å²) in [6.45, 7) is 4.53. The second-order valence-corrected chi connectivity index (χ2v) is 5.21. The van der Waals surface area contributed by atoms with Crippen molar-refractivity contribution in [2.24, 2.45) is 0 Å². The van der Waals surface area contributed by atoms with Crippen LogP contribution >= 0.6 is 15.9 Å². The van der Waals surface area contributed by atoms with Gasteiger partial charge in [0.05, 0.1) is 11.6 Å². The van der Waals surface area contributed by atoms with Gasteiger partial charge in [-0.25, -0.2) is 4.98 Å². The molecule has 0 spiro atoms. The number of nitrogens with zero attached hydrogens (tertiary/aromatic N) is 1. The highest BCUT2D eigenvalue weighted by Crippen LogP contribution is 2.40. The molecule has 0 N–H and O–H groups in total. The van der Waals surface area contributed by atoms with Crippen molar-refractivity contribution in [2.75, 3.05) is 7.11 Å². The molecule has 1 aliphatic carbocycles. The molecule has 14 heavy (non-hydrogen) atoms. The van der Waals surface area contributed by atoms with Crippen LogP contribution in [0.25, 0.3) is 0 Å². The maximum atomic E-state index is 5.18. The van der Waals surface area contributed by atoms with Gasteiger partial charge in [-0.05, 0) is 45.8 Å². The fourth-order valence-electron chi connectivity index (χ4n) is 1.99. The molecule has 1 heterocycles. The Kier molecular flexibility index (Phi) is 2.30. The summed E-state index contributed by atoms with van der Waals surface area (Å²) in [5.74, 6) is 0.696. The Morgan fingerprint density at radius 1 is 1.50 bits per heavy atom. The Labute approximate surface area is 92.8 Å². The zero-order valence-corrected chi connectivity index (χ0v) is 10.3. The van der Waals surface area contributed by atoms with Gasteiger partial charge in [0.2, 0.25) is 5.88 Å². The lowest BCUT2D eigenvalue weighted by Crippen LogP contribution is -2.12. The molecule has 0 aliphatic heterocycles. The van der Waals surface area contributed by atoms with Crippen LogP contribution in [0.1, 0.15) is 31.5 Å². The molecule has 3 heteroatoms. The van der Waals surface area contributed by atoms with Gasteiger partial charge in [0.1, 0.15) is 0 Å². The smallest absolute Gasteiger partial charge is 0.227 e. The lowest BCUT2D eigenvalue weighted by molar-refractivity contribution is 0.393. The van der Waals surface area contributed by atoms with Crippen molar-refractivity contribution in [2.45, 2.75) is 32.1 Å². The predicted molar refractivity (Wildman–Crippen MR) is 59.8 cm³/mol. The summed E-state index contributed by atoms with van der Waals surface area (Å²) in [4.78, 5) is 4.50. The first-order valence-electron chi connectivity index (χ1n) is 4.78. The number of rotatable bonds is 1. The standard InChI is InChI=1S/C11H14BrNO/c1-11(2)5-4-9-7(11)6-8(12)10(13-9)14-3/h6H,4-5H2,1-3H3. The van der Waals surface area contributed by atoms with Gasteiger partial charge in [-0.2, -0.15) is 0 Å². The van der Waals surface area contributed by atoms with Crippen LogP contribution in [0, 0.1) is 0 Å². The van der Waals surface area contributed by atoms with Crippen LogP contribution in [0.4, 0.5) is 0 Å². The van der Waals surface area contributed by atoms with Crippen molar-refractivity contribution in [3.63, 3.8) is 0 Å². The van der Waals surface area contributed by atoms with Gasteiger partial charge in [0.15, 0.2) is 0 Å². The molecule has 0 bridgehead atoms. The second kappa shape index (κ2) is 3.23. The van der Waals surface area contributed by atoms with E-state index in [2.05, 4.69) is 40.8 Å². The summed E-state index contributed by atoms with van der Waals surface area (Å²) in [6.07, 6.45) is 2.24. The second-order valence-electron chi connectivity index (χ2n) is 4.36. The van der Waals surface area contributed by atoms with E-state index in [0.717, 1.165) is 10.9 Å². The first-order valence-corrected chi connectivity index (χ1v) is 5.58. The zero-order valence-electron chi connectivity index (χ0n) is 8.72. The summed E-state index contributed by atoms with van der Waals surface area (Å²) in [5.41, 5.74) is 2.80. The molecule has 0 amide bonds. The molecule has 0 atom stereocenters. The highest BCUT2D eigenvalue weighted by atomic mass is 79.9. The van der Waals surface area contributed by atoms with E-state index in [4.69, 9.17) is 4.74 Å². The summed E-state index contributed by atoms with van der Waals surface area (Å²) >= 11 is 3.47. The quantitative estimate of drug-likeness (QED) is 0.770. The van der Waals surface area contributed by atoms with Gasteiger partial charge in [0, 0.05) is 5.69 Å². The number of pyridine rings is 1. The predicted octanol–water partition coefficient (Wildman–Crippen LogP) is 3.08. The molecule has 1 aromatic heterocycles. The van der Waals surface area contributed by atoms with Crippen molar-refractivity contribution in [1.29, 1.82) is 0 Å². The molecule has 0 fully saturated rings. The number of methoxy groups -OCH3 is 1. The number of fused-ring (bicyclic) bond motifs is 1. The minimum atomic E-state index is 0.261. The number of aryl methyl sites for hydroxylation is 1. The van der Waals surface area contributed by atoms with Gasteiger partial charge in [-0.3, -0.25) is 0 Å². The van der Waals surface area contributed by atoms with E-state index in [1.807, 2.05) is 0 Å². The van der Waals surface area contributed by atoms with Crippen molar-refractivity contribution < 1.29 is 4.74 Å². The minimum Gasteiger partial charge on any atom is -0.480 e. The third-order valence-corrected chi connectivity index (χ3v) is 3.50. The third kappa shape index (κ3) is 1.44. The molecule has 0 unspecified atom stereocenters. The third-order valence-electron chi connectivity index (χ3n) is 2.93. The van der Waals surface area contributed by atoms with E-state index < -0.39 is 0 Å². The number of ether oxygens (including phenoxy) is 1. The van der Waals surface area contributed by atoms with Crippen molar-refractivity contribution in [1.82, 2.24) is 4.98 Å². The minimum absolute atomic E-state index is 0.261. The van der Waals surface area contributed by atoms with Crippen LogP contribution in [0.5, 0.6) is 5.88 Å². The Hall–Kier alpha value is -0.570. The first-order chi connectivity index (χ1) is 6.54. The van der Waals surface area contributed by atoms with Gasteiger partial charge < -0.3 is 4.74 Å². The van der Waals surface area contributed by atoms with Crippen LogP contribution in [0.3, 0.4) is 0 Å². The normalized spacial score (nSPS) is 18.0. The van der Waals surface area contributed by atoms with Gasteiger partial charge in [-0.1, -0.05) is 13.8 Å². The highest BCUT2D eigenvalue weighted by molar-refractivity contribution is 9.10. The Bertz CT molecular complexity index is 374. The highest BCUT2D eigenvalue weighted by Gasteiger charge is 2.31. The molecule has 1 aliphatic rings. The lowest BCUT2D eigenvalue weighted by Gasteiger charge is -2.18. The SMILES string of the molecule is COc1nc2c(cc1Br)C(C)(C)CC2. The average Bonchev–Trinajstić information content (AvgIpc) is 2.42. The van der Waals surface area contributed by atoms with Crippen molar-refractivity contribution >= 4 is 15.9 Å². The number of halogens is 1. The lowest BCUT2D eigenvalue weighted by atomic mass is 9.87. The van der Waals surface area contributed by atoms with E-state index in [0.29, 0.717) is 5.88 Å². The molecule has 2 rings (SSSR count). The van der Waals surface area contributed by atoms with Crippen molar-refractivity contribution in [3.8, 4) is 5.88 Å². The van der Waals surface area contributed by atoms with E-state index in [1.54, 1.807) is 7.11 Å². The molecule has 0 aromatic carbocycles. The maximum absolute atomic E-state index is 5.18. The first kappa shape index (κ1) is 9.97. The number of hydrogen-bond acceptors (Lipinski definition) is 2. The Morgan fingerprint density at radius 2 is 2.21 bits per heavy atom. The Balaban J connectivity index is 2.55. The summed E-state index contributed by atoms with van der Waals surface area (Å²) in [7, 11) is 1.65. The fraction of sp³-hybridized carbons (Fsp3) is 0.545. The molecule has 1 aromatic rings. The van der Waals surface area contributed by atoms with Crippen LogP contribution in [-0.4, -0.2) is 12.1 Å². The Morgan fingerprint density at radius 3 is 2.86 bits per heavy atom. The van der Waals surface area contributed by atoms with Crippen LogP contribution in [-0.2, 0) is 11.8 Å². The molecule has 0 radical (unpaired) electrons. The van der Waals surface area contributed by atoms with E-state index in [-0.39, 0.29) is 5.41 Å². The average molecular weight is 256 g/mol. The maximum Gasteiger partial charge on any atom is 0.227 e. The molecule has 0 saturated heterocycles. The number of hydrogen-bond donors (Lipinski definition) is 0. The topological polar surface area (TPSA) is 22.1 Å². The van der Waals surface area contributed by atoms with Crippen LogP contribution in [0.2, 0.25) is 0 Å². The van der Waals surface area contributed by atoms with Gasteiger partial charge in [-0.15, -0.1) is 0 Å². The monoisotopic (exact) mass is 255 g/mol. The molecule has 2 nitrogen and oxygen atoms in total. The van der Waals surface area contributed by atoms with Crippen LogP contribution in [0.15, 0.2) is 10.5 Å². The molecule has 76 valence electrons. The summed E-state index contributed by atoms with van der Waals surface area (Å²) < 4.78 is 6.13. The van der Waals surface area contributed by atoms with Gasteiger partial charge in [0.25, 0.3) is 0 Å². The number of aromatic nitrogens is 1. The summed E-state index contributed by atoms with van der Waals surface area (Å²) in [6, 6.07) is 2.15. The summed E-state index contributed by atoms with van der Waals surface area (Å²) in [5, 5.41) is 0. The van der Waals surface area contributed by atoms with E-state index in [9.17, 15) is 0 Å². The van der Waals surface area contributed by atoms with Gasteiger partial charge >= 0.3 is 0 Å². The molecular weight excluding hydrogens is 242 g/mol. The molecule has 0 saturated carbocycles. The van der Waals surface area contributed by atoms with E-state index in [1.165, 1.54) is 17.7 Å². The van der Waals surface area contributed by atoms with E-state index >= 15 is 0 Å².